The van der Waals surface area contributed by atoms with Gasteiger partial charge in [-0.05, 0) is 48.7 Å². The molecule has 1 heterocycles. The van der Waals surface area contributed by atoms with Gasteiger partial charge in [-0.15, -0.1) is 0 Å². The van der Waals surface area contributed by atoms with E-state index in [0.717, 1.165) is 29.2 Å². The molecule has 0 amide bonds. The van der Waals surface area contributed by atoms with Crippen LogP contribution in [0.15, 0.2) is 30.3 Å². The number of benzene rings is 2. The third-order valence-corrected chi connectivity index (χ3v) is 4.98. The third-order valence-electron chi connectivity index (χ3n) is 4.98. The average molecular weight is 386 g/mol. The molecule has 6 nitrogen and oxygen atoms in total. The fraction of sp³-hybridized carbons (Fsp3) is 0.455. The summed E-state index contributed by atoms with van der Waals surface area (Å²) in [4.78, 5) is 25.5. The Hall–Kier alpha value is -2.60. The first-order valence-electron chi connectivity index (χ1n) is 9.48. The number of methoxy groups -OCH3 is 1. The molecule has 1 aliphatic heterocycles. The van der Waals surface area contributed by atoms with Gasteiger partial charge in [0.15, 0.2) is 0 Å². The molecule has 1 saturated heterocycles. The predicted octanol–water partition coefficient (Wildman–Crippen LogP) is 3.81. The number of unbranched alkanes of at least 4 members (excludes halogenated alkanes) is 1. The van der Waals surface area contributed by atoms with E-state index in [-0.39, 0.29) is 0 Å². The Morgan fingerprint density at radius 3 is 2.64 bits per heavy atom. The Morgan fingerprint density at radius 2 is 2.00 bits per heavy atom. The molecule has 2 aromatic carbocycles. The van der Waals surface area contributed by atoms with Gasteiger partial charge in [0.25, 0.3) is 0 Å². The highest BCUT2D eigenvalue weighted by Gasteiger charge is 2.54. The molecular formula is C22H26O6. The normalized spacial score (nSPS) is 19.1. The molecule has 2 atom stereocenters. The van der Waals surface area contributed by atoms with Gasteiger partial charge in [-0.3, -0.25) is 0 Å². The van der Waals surface area contributed by atoms with E-state index in [4.69, 9.17) is 18.9 Å². The average Bonchev–Trinajstić information content (AvgIpc) is 3.43. The van der Waals surface area contributed by atoms with Crippen molar-refractivity contribution >= 4 is 22.7 Å². The number of hydrogen-bond donors (Lipinski definition) is 0. The van der Waals surface area contributed by atoms with E-state index in [2.05, 4.69) is 0 Å². The Balaban J connectivity index is 1.90. The zero-order valence-electron chi connectivity index (χ0n) is 16.7. The smallest absolute Gasteiger partial charge is 0.350 e. The van der Waals surface area contributed by atoms with Crippen molar-refractivity contribution in [2.24, 2.45) is 0 Å². The highest BCUT2D eigenvalue weighted by atomic mass is 16.7. The molecule has 0 saturated carbocycles. The summed E-state index contributed by atoms with van der Waals surface area (Å²) in [5.41, 5.74) is 0.510. The van der Waals surface area contributed by atoms with Gasteiger partial charge in [0, 0.05) is 0 Å². The lowest BCUT2D eigenvalue weighted by Gasteiger charge is -2.20. The summed E-state index contributed by atoms with van der Waals surface area (Å²) >= 11 is 0. The van der Waals surface area contributed by atoms with Gasteiger partial charge >= 0.3 is 11.9 Å². The van der Waals surface area contributed by atoms with Gasteiger partial charge in [-0.25, -0.2) is 9.59 Å². The molecule has 0 unspecified atom stereocenters. The zero-order valence-corrected chi connectivity index (χ0v) is 16.7. The SMILES string of the molecule is CCCCOC(=O)[C@@H](OC(=O)c1cc(OC)cc2c(C)cccc12)[C@]1(C)CO1. The van der Waals surface area contributed by atoms with Crippen molar-refractivity contribution in [1.29, 1.82) is 0 Å². The lowest BCUT2D eigenvalue weighted by atomic mass is 10.00. The Morgan fingerprint density at radius 1 is 1.25 bits per heavy atom. The van der Waals surface area contributed by atoms with Crippen LogP contribution in [0.2, 0.25) is 0 Å². The largest absolute Gasteiger partial charge is 0.497 e. The zero-order chi connectivity index (χ0) is 20.3. The molecule has 0 aliphatic carbocycles. The van der Waals surface area contributed by atoms with Crippen LogP contribution in [0.3, 0.4) is 0 Å². The molecule has 1 fully saturated rings. The van der Waals surface area contributed by atoms with Crippen molar-refractivity contribution in [1.82, 2.24) is 0 Å². The maximum Gasteiger partial charge on any atom is 0.350 e. The van der Waals surface area contributed by atoms with E-state index in [1.807, 2.05) is 38.1 Å². The van der Waals surface area contributed by atoms with Crippen LogP contribution in [-0.4, -0.2) is 44.0 Å². The fourth-order valence-corrected chi connectivity index (χ4v) is 3.05. The molecule has 6 heteroatoms. The van der Waals surface area contributed by atoms with Crippen molar-refractivity contribution in [3.63, 3.8) is 0 Å². The topological polar surface area (TPSA) is 74.4 Å². The van der Waals surface area contributed by atoms with E-state index in [1.165, 1.54) is 0 Å². The Labute approximate surface area is 164 Å². The van der Waals surface area contributed by atoms with Crippen molar-refractivity contribution in [3.05, 3.63) is 41.5 Å². The monoisotopic (exact) mass is 386 g/mol. The summed E-state index contributed by atoms with van der Waals surface area (Å²) in [6, 6.07) is 9.19. The molecule has 0 aromatic heterocycles. The number of epoxide rings is 1. The number of fused-ring (bicyclic) bond motifs is 1. The predicted molar refractivity (Wildman–Crippen MR) is 105 cm³/mol. The molecule has 1 aliphatic rings. The van der Waals surface area contributed by atoms with Crippen LogP contribution in [-0.2, 0) is 19.0 Å². The van der Waals surface area contributed by atoms with Crippen molar-refractivity contribution in [2.75, 3.05) is 20.3 Å². The third kappa shape index (κ3) is 4.12. The van der Waals surface area contributed by atoms with Gasteiger partial charge in [0.2, 0.25) is 6.10 Å². The van der Waals surface area contributed by atoms with Crippen molar-refractivity contribution in [2.45, 2.75) is 45.3 Å². The number of rotatable bonds is 8. The molecule has 28 heavy (non-hydrogen) atoms. The molecule has 0 spiro atoms. The molecule has 3 rings (SSSR count). The molecule has 0 N–H and O–H groups in total. The standard InChI is InChI=1S/C22H26O6/c1-5-6-10-26-21(24)19(22(3)13-27-22)28-20(23)18-12-15(25-4)11-17-14(2)8-7-9-16(17)18/h7-9,11-12,19H,5-6,10,13H2,1-4H3/t19-,22+/m1/s1. The summed E-state index contributed by atoms with van der Waals surface area (Å²) < 4.78 is 21.6. The van der Waals surface area contributed by atoms with Crippen LogP contribution in [0.4, 0.5) is 0 Å². The van der Waals surface area contributed by atoms with Crippen molar-refractivity contribution < 1.29 is 28.5 Å². The summed E-state index contributed by atoms with van der Waals surface area (Å²) in [6.45, 7) is 6.34. The second-order valence-corrected chi connectivity index (χ2v) is 7.25. The molecule has 150 valence electrons. The quantitative estimate of drug-likeness (QED) is 0.390. The second kappa shape index (κ2) is 8.19. The number of aryl methyl sites for hydroxylation is 1. The van der Waals surface area contributed by atoms with E-state index >= 15 is 0 Å². The van der Waals surface area contributed by atoms with Crippen LogP contribution < -0.4 is 4.74 Å². The van der Waals surface area contributed by atoms with Gasteiger partial charge < -0.3 is 18.9 Å². The Kier molecular flexibility index (Phi) is 5.89. The van der Waals surface area contributed by atoms with Crippen LogP contribution in [0.1, 0.15) is 42.6 Å². The van der Waals surface area contributed by atoms with E-state index < -0.39 is 23.6 Å². The van der Waals surface area contributed by atoms with Crippen molar-refractivity contribution in [3.8, 4) is 5.75 Å². The lowest BCUT2D eigenvalue weighted by molar-refractivity contribution is -0.157. The first kappa shape index (κ1) is 20.1. The van der Waals surface area contributed by atoms with Crippen LogP contribution in [0.5, 0.6) is 5.75 Å². The molecular weight excluding hydrogens is 360 g/mol. The van der Waals surface area contributed by atoms with Gasteiger partial charge in [-0.1, -0.05) is 31.5 Å². The first-order chi connectivity index (χ1) is 13.4. The molecule has 0 bridgehead atoms. The van der Waals surface area contributed by atoms with E-state index in [9.17, 15) is 9.59 Å². The number of carbonyl (C=O) groups is 2. The summed E-state index contributed by atoms with van der Waals surface area (Å²) in [5.74, 6) is -0.640. The highest BCUT2D eigenvalue weighted by molar-refractivity contribution is 6.06. The number of ether oxygens (including phenoxy) is 4. The highest BCUT2D eigenvalue weighted by Crippen LogP contribution is 2.35. The van der Waals surface area contributed by atoms with E-state index in [1.54, 1.807) is 20.1 Å². The Bertz CT molecular complexity index is 884. The van der Waals surface area contributed by atoms with Crippen LogP contribution >= 0.6 is 0 Å². The maximum absolute atomic E-state index is 13.0. The summed E-state index contributed by atoms with van der Waals surface area (Å²) in [7, 11) is 1.54. The van der Waals surface area contributed by atoms with Crippen LogP contribution in [0, 0.1) is 6.92 Å². The van der Waals surface area contributed by atoms with Gasteiger partial charge in [-0.2, -0.15) is 0 Å². The number of carbonyl (C=O) groups excluding carboxylic acids is 2. The second-order valence-electron chi connectivity index (χ2n) is 7.25. The van der Waals surface area contributed by atoms with Gasteiger partial charge in [0.1, 0.15) is 11.4 Å². The lowest BCUT2D eigenvalue weighted by Crippen LogP contribution is -2.40. The van der Waals surface area contributed by atoms with E-state index in [0.29, 0.717) is 24.5 Å². The summed E-state index contributed by atoms with van der Waals surface area (Å²) in [6.07, 6.45) is 0.549. The minimum Gasteiger partial charge on any atom is -0.497 e. The number of hydrogen-bond acceptors (Lipinski definition) is 6. The minimum absolute atomic E-state index is 0.292. The number of esters is 2. The fourth-order valence-electron chi connectivity index (χ4n) is 3.05. The minimum atomic E-state index is -1.11. The maximum atomic E-state index is 13.0. The van der Waals surface area contributed by atoms with Crippen LogP contribution in [0.25, 0.3) is 10.8 Å². The molecule has 2 aromatic rings. The van der Waals surface area contributed by atoms with Gasteiger partial charge in [0.05, 0.1) is 25.9 Å². The summed E-state index contributed by atoms with van der Waals surface area (Å²) in [5, 5.41) is 1.63. The molecule has 0 radical (unpaired) electrons. The first-order valence-corrected chi connectivity index (χ1v) is 9.48.